The number of anilines is 2. The van der Waals surface area contributed by atoms with Crippen LogP contribution in [0.4, 0.5) is 11.8 Å². The minimum atomic E-state index is 0.838. The first-order valence-corrected chi connectivity index (χ1v) is 10.5. The van der Waals surface area contributed by atoms with Crippen molar-refractivity contribution in [3.05, 3.63) is 29.3 Å². The number of aryl methyl sites for hydroxylation is 2. The van der Waals surface area contributed by atoms with Crippen LogP contribution in [0.5, 0.6) is 0 Å². The zero-order valence-corrected chi connectivity index (χ0v) is 17.3. The number of nitrogens with one attached hydrogen (secondary N) is 1. The van der Waals surface area contributed by atoms with Crippen molar-refractivity contribution in [3.63, 3.8) is 0 Å². The van der Waals surface area contributed by atoms with E-state index in [1.807, 2.05) is 33.2 Å². The van der Waals surface area contributed by atoms with E-state index in [0.717, 1.165) is 54.7 Å². The third-order valence-corrected chi connectivity index (χ3v) is 6.58. The highest BCUT2D eigenvalue weighted by molar-refractivity contribution is 5.40. The Morgan fingerprint density at radius 1 is 1.07 bits per heavy atom. The Morgan fingerprint density at radius 2 is 1.75 bits per heavy atom. The van der Waals surface area contributed by atoms with Gasteiger partial charge in [0, 0.05) is 38.4 Å². The SMILES string of the molecule is CNc1ccnc(N2CCC(C3CCN(Cc4c(C)noc4C)CC3)CC2)n1. The van der Waals surface area contributed by atoms with Crippen LogP contribution in [0.3, 0.4) is 0 Å². The monoisotopic (exact) mass is 384 g/mol. The van der Waals surface area contributed by atoms with Crippen LogP contribution in [0, 0.1) is 25.7 Å². The van der Waals surface area contributed by atoms with Crippen LogP contribution in [-0.4, -0.2) is 53.3 Å². The van der Waals surface area contributed by atoms with Crippen molar-refractivity contribution < 1.29 is 4.52 Å². The predicted octanol–water partition coefficient (Wildman–Crippen LogP) is 3.25. The van der Waals surface area contributed by atoms with E-state index in [2.05, 4.69) is 30.2 Å². The van der Waals surface area contributed by atoms with Gasteiger partial charge in [0.05, 0.1) is 5.69 Å². The van der Waals surface area contributed by atoms with Crippen molar-refractivity contribution in [2.24, 2.45) is 11.8 Å². The predicted molar refractivity (Wildman–Crippen MR) is 110 cm³/mol. The summed E-state index contributed by atoms with van der Waals surface area (Å²) in [5.74, 6) is 4.41. The average Bonchev–Trinajstić information content (AvgIpc) is 3.06. The molecule has 0 bridgehead atoms. The quantitative estimate of drug-likeness (QED) is 0.848. The first-order valence-electron chi connectivity index (χ1n) is 10.5. The molecule has 0 atom stereocenters. The molecule has 4 heterocycles. The third kappa shape index (κ3) is 4.14. The summed E-state index contributed by atoms with van der Waals surface area (Å²) in [6, 6.07) is 1.91. The zero-order chi connectivity index (χ0) is 19.5. The molecule has 2 aromatic heterocycles. The highest BCUT2D eigenvalue weighted by Gasteiger charge is 2.30. The van der Waals surface area contributed by atoms with Gasteiger partial charge < -0.3 is 14.7 Å². The maximum atomic E-state index is 5.32. The number of likely N-dealkylation sites (tertiary alicyclic amines) is 1. The summed E-state index contributed by atoms with van der Waals surface area (Å²) in [5, 5.41) is 7.19. The Labute approximate surface area is 167 Å². The van der Waals surface area contributed by atoms with Crippen molar-refractivity contribution >= 4 is 11.8 Å². The number of hydrogen-bond donors (Lipinski definition) is 1. The van der Waals surface area contributed by atoms with E-state index in [0.29, 0.717) is 0 Å². The highest BCUT2D eigenvalue weighted by Crippen LogP contribution is 2.34. The summed E-state index contributed by atoms with van der Waals surface area (Å²) in [6.07, 6.45) is 6.96. The fourth-order valence-electron chi connectivity index (χ4n) is 4.74. The standard InChI is InChI=1S/C21H32N6O/c1-15-19(16(2)28-25-15)14-26-10-5-17(6-11-26)18-7-12-27(13-8-18)21-23-9-4-20(22-3)24-21/h4,9,17-18H,5-8,10-14H2,1-3H3,(H,22,23,24). The van der Waals surface area contributed by atoms with E-state index in [4.69, 9.17) is 4.52 Å². The number of nitrogens with zero attached hydrogens (tertiary/aromatic N) is 5. The maximum absolute atomic E-state index is 5.32. The van der Waals surface area contributed by atoms with Crippen molar-refractivity contribution in [1.82, 2.24) is 20.0 Å². The number of piperidine rings is 2. The summed E-state index contributed by atoms with van der Waals surface area (Å²) in [7, 11) is 1.90. The molecule has 0 aromatic carbocycles. The van der Waals surface area contributed by atoms with Gasteiger partial charge in [0.2, 0.25) is 5.95 Å². The molecule has 2 aliphatic heterocycles. The van der Waals surface area contributed by atoms with Gasteiger partial charge >= 0.3 is 0 Å². The lowest BCUT2D eigenvalue weighted by Gasteiger charge is -2.40. The van der Waals surface area contributed by atoms with E-state index in [9.17, 15) is 0 Å². The molecule has 7 nitrogen and oxygen atoms in total. The highest BCUT2D eigenvalue weighted by atomic mass is 16.5. The fourth-order valence-corrected chi connectivity index (χ4v) is 4.74. The fraction of sp³-hybridized carbons (Fsp3) is 0.667. The second kappa shape index (κ2) is 8.47. The van der Waals surface area contributed by atoms with E-state index in [1.54, 1.807) is 0 Å². The molecule has 0 unspecified atom stereocenters. The third-order valence-electron chi connectivity index (χ3n) is 6.58. The summed E-state index contributed by atoms with van der Waals surface area (Å²) < 4.78 is 5.32. The Balaban J connectivity index is 1.26. The Morgan fingerprint density at radius 3 is 2.36 bits per heavy atom. The largest absolute Gasteiger partial charge is 0.373 e. The normalized spacial score (nSPS) is 19.9. The molecule has 2 saturated heterocycles. The van der Waals surface area contributed by atoms with Gasteiger partial charge in [-0.2, -0.15) is 4.98 Å². The molecule has 0 saturated carbocycles. The average molecular weight is 385 g/mol. The van der Waals surface area contributed by atoms with Crippen LogP contribution in [0.25, 0.3) is 0 Å². The summed E-state index contributed by atoms with van der Waals surface area (Å²) in [4.78, 5) is 14.0. The van der Waals surface area contributed by atoms with Crippen molar-refractivity contribution in [2.75, 3.05) is 43.4 Å². The van der Waals surface area contributed by atoms with Crippen LogP contribution < -0.4 is 10.2 Å². The number of aromatic nitrogens is 3. The number of hydrogen-bond acceptors (Lipinski definition) is 7. The van der Waals surface area contributed by atoms with Gasteiger partial charge in [-0.3, -0.25) is 4.90 Å². The molecule has 152 valence electrons. The molecule has 4 rings (SSSR count). The maximum Gasteiger partial charge on any atom is 0.227 e. The Hall–Kier alpha value is -2.15. The van der Waals surface area contributed by atoms with Gasteiger partial charge in [-0.15, -0.1) is 0 Å². The van der Waals surface area contributed by atoms with Crippen LogP contribution in [0.1, 0.15) is 42.7 Å². The summed E-state index contributed by atoms with van der Waals surface area (Å²) >= 11 is 0. The number of rotatable bonds is 5. The molecular formula is C21H32N6O. The molecule has 1 N–H and O–H groups in total. The molecule has 0 aliphatic carbocycles. The van der Waals surface area contributed by atoms with Gasteiger partial charge in [0.1, 0.15) is 11.6 Å². The molecule has 0 amide bonds. The Kier molecular flexibility index (Phi) is 5.80. The van der Waals surface area contributed by atoms with Gasteiger partial charge in [-0.05, 0) is 70.5 Å². The van der Waals surface area contributed by atoms with Gasteiger partial charge in [-0.25, -0.2) is 4.98 Å². The van der Waals surface area contributed by atoms with Gasteiger partial charge in [0.25, 0.3) is 0 Å². The van der Waals surface area contributed by atoms with Crippen LogP contribution in [0.15, 0.2) is 16.8 Å². The van der Waals surface area contributed by atoms with E-state index >= 15 is 0 Å². The minimum absolute atomic E-state index is 0.838. The molecule has 28 heavy (non-hydrogen) atoms. The second-order valence-corrected chi connectivity index (χ2v) is 8.23. The molecule has 2 aromatic rings. The van der Waals surface area contributed by atoms with E-state index in [1.165, 1.54) is 44.3 Å². The molecule has 2 aliphatic rings. The summed E-state index contributed by atoms with van der Waals surface area (Å²) in [5.41, 5.74) is 2.31. The van der Waals surface area contributed by atoms with Crippen LogP contribution in [0.2, 0.25) is 0 Å². The molecule has 2 fully saturated rings. The van der Waals surface area contributed by atoms with Crippen molar-refractivity contribution in [1.29, 1.82) is 0 Å². The zero-order valence-electron chi connectivity index (χ0n) is 17.3. The first kappa shape index (κ1) is 19.2. The van der Waals surface area contributed by atoms with Crippen molar-refractivity contribution in [2.45, 2.75) is 46.1 Å². The molecule has 0 spiro atoms. The van der Waals surface area contributed by atoms with E-state index < -0.39 is 0 Å². The van der Waals surface area contributed by atoms with Crippen LogP contribution in [-0.2, 0) is 6.54 Å². The molecule has 0 radical (unpaired) electrons. The Bertz CT molecular complexity index is 755. The van der Waals surface area contributed by atoms with E-state index in [-0.39, 0.29) is 0 Å². The molecular weight excluding hydrogens is 352 g/mol. The molecule has 7 heteroatoms. The summed E-state index contributed by atoms with van der Waals surface area (Å²) in [6.45, 7) is 9.54. The topological polar surface area (TPSA) is 70.3 Å². The minimum Gasteiger partial charge on any atom is -0.373 e. The lowest BCUT2D eigenvalue weighted by Crippen LogP contribution is -2.41. The lowest BCUT2D eigenvalue weighted by molar-refractivity contribution is 0.128. The van der Waals surface area contributed by atoms with Crippen LogP contribution >= 0.6 is 0 Å². The van der Waals surface area contributed by atoms with Crippen molar-refractivity contribution in [3.8, 4) is 0 Å². The van der Waals surface area contributed by atoms with Gasteiger partial charge in [0.15, 0.2) is 0 Å². The smallest absolute Gasteiger partial charge is 0.227 e. The first-order chi connectivity index (χ1) is 13.6. The lowest BCUT2D eigenvalue weighted by atomic mass is 9.79. The second-order valence-electron chi connectivity index (χ2n) is 8.23. The van der Waals surface area contributed by atoms with Gasteiger partial charge in [-0.1, -0.05) is 5.16 Å².